The SMILES string of the molecule is CC(C)(C)c1ccc(NCc2ccc(O)c(O)c2O)cc1. The van der Waals surface area contributed by atoms with E-state index in [1.807, 2.05) is 12.1 Å². The predicted octanol–water partition coefficient (Wildman–Crippen LogP) is 3.71. The molecule has 112 valence electrons. The van der Waals surface area contributed by atoms with Crippen molar-refractivity contribution in [2.45, 2.75) is 32.7 Å². The highest BCUT2D eigenvalue weighted by atomic mass is 16.3. The molecule has 0 heterocycles. The van der Waals surface area contributed by atoms with E-state index in [0.29, 0.717) is 12.1 Å². The lowest BCUT2D eigenvalue weighted by atomic mass is 9.87. The van der Waals surface area contributed by atoms with Crippen molar-refractivity contribution in [3.63, 3.8) is 0 Å². The molecule has 0 spiro atoms. The van der Waals surface area contributed by atoms with Gasteiger partial charge in [0.15, 0.2) is 11.5 Å². The van der Waals surface area contributed by atoms with Crippen LogP contribution in [0.1, 0.15) is 31.9 Å². The maximum atomic E-state index is 9.76. The molecule has 0 bridgehead atoms. The molecule has 0 saturated heterocycles. The monoisotopic (exact) mass is 287 g/mol. The van der Waals surface area contributed by atoms with E-state index in [-0.39, 0.29) is 16.9 Å². The first kappa shape index (κ1) is 15.0. The van der Waals surface area contributed by atoms with Gasteiger partial charge in [0.2, 0.25) is 5.75 Å². The fourth-order valence-electron chi connectivity index (χ4n) is 2.04. The number of anilines is 1. The van der Waals surface area contributed by atoms with E-state index in [4.69, 9.17) is 0 Å². The molecule has 0 saturated carbocycles. The third-order valence-electron chi connectivity index (χ3n) is 3.45. The van der Waals surface area contributed by atoms with E-state index in [2.05, 4.69) is 38.2 Å². The second-order valence-corrected chi connectivity index (χ2v) is 6.12. The molecule has 4 N–H and O–H groups in total. The first-order chi connectivity index (χ1) is 9.79. The number of benzene rings is 2. The molecule has 0 fully saturated rings. The molecule has 0 radical (unpaired) electrons. The lowest BCUT2D eigenvalue weighted by Gasteiger charge is -2.19. The lowest BCUT2D eigenvalue weighted by molar-refractivity contribution is 0.365. The van der Waals surface area contributed by atoms with Crippen LogP contribution >= 0.6 is 0 Å². The fraction of sp³-hybridized carbons (Fsp3) is 0.294. The maximum Gasteiger partial charge on any atom is 0.200 e. The summed E-state index contributed by atoms with van der Waals surface area (Å²) in [6.45, 7) is 6.83. The molecule has 2 rings (SSSR count). The topological polar surface area (TPSA) is 72.7 Å². The van der Waals surface area contributed by atoms with E-state index < -0.39 is 5.75 Å². The van der Waals surface area contributed by atoms with Crippen LogP contribution in [0, 0.1) is 0 Å². The van der Waals surface area contributed by atoms with Crippen LogP contribution in [0.4, 0.5) is 5.69 Å². The molecule has 2 aromatic rings. The number of phenols is 3. The number of hydrogen-bond acceptors (Lipinski definition) is 4. The largest absolute Gasteiger partial charge is 0.504 e. The van der Waals surface area contributed by atoms with Gasteiger partial charge in [-0.1, -0.05) is 32.9 Å². The van der Waals surface area contributed by atoms with Crippen LogP contribution in [0.2, 0.25) is 0 Å². The Morgan fingerprint density at radius 1 is 0.857 bits per heavy atom. The zero-order chi connectivity index (χ0) is 15.6. The molecule has 4 heteroatoms. The average molecular weight is 287 g/mol. The minimum atomic E-state index is -0.489. The Hall–Kier alpha value is -2.36. The van der Waals surface area contributed by atoms with Crippen molar-refractivity contribution in [3.05, 3.63) is 47.5 Å². The van der Waals surface area contributed by atoms with Crippen LogP contribution in [0.3, 0.4) is 0 Å². The van der Waals surface area contributed by atoms with Crippen molar-refractivity contribution in [1.29, 1.82) is 0 Å². The van der Waals surface area contributed by atoms with Gasteiger partial charge in [-0.2, -0.15) is 0 Å². The summed E-state index contributed by atoms with van der Waals surface area (Å²) >= 11 is 0. The van der Waals surface area contributed by atoms with Crippen molar-refractivity contribution < 1.29 is 15.3 Å². The van der Waals surface area contributed by atoms with E-state index in [1.54, 1.807) is 6.07 Å². The highest BCUT2D eigenvalue weighted by Crippen LogP contribution is 2.37. The third kappa shape index (κ3) is 3.40. The Morgan fingerprint density at radius 3 is 2.05 bits per heavy atom. The Balaban J connectivity index is 2.09. The number of nitrogens with one attached hydrogen (secondary N) is 1. The van der Waals surface area contributed by atoms with Gasteiger partial charge < -0.3 is 20.6 Å². The molecule has 2 aromatic carbocycles. The van der Waals surface area contributed by atoms with Gasteiger partial charge in [-0.25, -0.2) is 0 Å². The summed E-state index contributed by atoms with van der Waals surface area (Å²) in [4.78, 5) is 0. The van der Waals surface area contributed by atoms with Gasteiger partial charge in [0, 0.05) is 17.8 Å². The summed E-state index contributed by atoms with van der Waals surface area (Å²) in [7, 11) is 0. The minimum absolute atomic E-state index is 0.111. The molecule has 21 heavy (non-hydrogen) atoms. The first-order valence-electron chi connectivity index (χ1n) is 6.86. The quantitative estimate of drug-likeness (QED) is 0.649. The maximum absolute atomic E-state index is 9.76. The molecule has 0 aliphatic heterocycles. The smallest absolute Gasteiger partial charge is 0.200 e. The van der Waals surface area contributed by atoms with Gasteiger partial charge in [-0.05, 0) is 35.2 Å². The molecule has 0 unspecified atom stereocenters. The summed E-state index contributed by atoms with van der Waals surface area (Å²) in [5, 5.41) is 31.7. The summed E-state index contributed by atoms with van der Waals surface area (Å²) in [5.74, 6) is -1.11. The summed E-state index contributed by atoms with van der Waals surface area (Å²) in [5.41, 5.74) is 2.80. The molecule has 0 aliphatic carbocycles. The second-order valence-electron chi connectivity index (χ2n) is 6.12. The average Bonchev–Trinajstić information content (AvgIpc) is 2.43. The highest BCUT2D eigenvalue weighted by molar-refractivity contribution is 5.54. The number of aromatic hydroxyl groups is 3. The van der Waals surface area contributed by atoms with Crippen LogP contribution in [0.5, 0.6) is 17.2 Å². The second kappa shape index (κ2) is 5.56. The number of rotatable bonds is 3. The predicted molar refractivity (Wildman–Crippen MR) is 83.9 cm³/mol. The zero-order valence-corrected chi connectivity index (χ0v) is 12.5. The van der Waals surface area contributed by atoms with Crippen LogP contribution < -0.4 is 5.32 Å². The summed E-state index contributed by atoms with van der Waals surface area (Å²) in [6.07, 6.45) is 0. The van der Waals surface area contributed by atoms with Crippen LogP contribution in [0.15, 0.2) is 36.4 Å². The first-order valence-corrected chi connectivity index (χ1v) is 6.86. The Kier molecular flexibility index (Phi) is 3.98. The Bertz CT molecular complexity index is 628. The molecular formula is C17H21NO3. The van der Waals surface area contributed by atoms with E-state index >= 15 is 0 Å². The van der Waals surface area contributed by atoms with Crippen molar-refractivity contribution in [1.82, 2.24) is 0 Å². The number of phenolic OH excluding ortho intramolecular Hbond substituents is 3. The van der Waals surface area contributed by atoms with Crippen molar-refractivity contribution in [3.8, 4) is 17.2 Å². The standard InChI is InChI=1S/C17H21NO3/c1-17(2,3)12-5-7-13(8-6-12)18-10-11-4-9-14(19)16(21)15(11)20/h4-9,18-21H,10H2,1-3H3. The molecule has 0 aliphatic rings. The third-order valence-corrected chi connectivity index (χ3v) is 3.45. The van der Waals surface area contributed by atoms with Gasteiger partial charge in [-0.15, -0.1) is 0 Å². The molecule has 4 nitrogen and oxygen atoms in total. The van der Waals surface area contributed by atoms with E-state index in [9.17, 15) is 15.3 Å². The van der Waals surface area contributed by atoms with Crippen molar-refractivity contribution >= 4 is 5.69 Å². The summed E-state index contributed by atoms with van der Waals surface area (Å²) in [6, 6.07) is 11.0. The molecule has 0 amide bonds. The van der Waals surface area contributed by atoms with Gasteiger partial charge in [0.25, 0.3) is 0 Å². The lowest BCUT2D eigenvalue weighted by Crippen LogP contribution is -2.10. The molecule has 0 atom stereocenters. The van der Waals surface area contributed by atoms with Crippen molar-refractivity contribution in [2.75, 3.05) is 5.32 Å². The molecular weight excluding hydrogens is 266 g/mol. The Labute approximate surface area is 124 Å². The van der Waals surface area contributed by atoms with Crippen LogP contribution in [-0.4, -0.2) is 15.3 Å². The van der Waals surface area contributed by atoms with Gasteiger partial charge in [0.1, 0.15) is 0 Å². The van der Waals surface area contributed by atoms with E-state index in [0.717, 1.165) is 5.69 Å². The van der Waals surface area contributed by atoms with Crippen molar-refractivity contribution in [2.24, 2.45) is 0 Å². The van der Waals surface area contributed by atoms with Crippen LogP contribution in [0.25, 0.3) is 0 Å². The fourth-order valence-corrected chi connectivity index (χ4v) is 2.04. The van der Waals surface area contributed by atoms with Crippen LogP contribution in [-0.2, 0) is 12.0 Å². The highest BCUT2D eigenvalue weighted by Gasteiger charge is 2.13. The zero-order valence-electron chi connectivity index (χ0n) is 12.5. The minimum Gasteiger partial charge on any atom is -0.504 e. The van der Waals surface area contributed by atoms with E-state index in [1.165, 1.54) is 11.6 Å². The Morgan fingerprint density at radius 2 is 1.48 bits per heavy atom. The van der Waals surface area contributed by atoms with Gasteiger partial charge >= 0.3 is 0 Å². The number of hydrogen-bond donors (Lipinski definition) is 4. The summed E-state index contributed by atoms with van der Waals surface area (Å²) < 4.78 is 0. The van der Waals surface area contributed by atoms with Gasteiger partial charge in [0.05, 0.1) is 0 Å². The van der Waals surface area contributed by atoms with Gasteiger partial charge in [-0.3, -0.25) is 0 Å². The molecule has 0 aromatic heterocycles. The normalized spacial score (nSPS) is 11.4.